The minimum absolute atomic E-state index is 0.303. The highest BCUT2D eigenvalue weighted by molar-refractivity contribution is 7.18. The number of aromatic nitrogens is 2. The Kier molecular flexibility index (Phi) is 4.06. The van der Waals surface area contributed by atoms with Gasteiger partial charge < -0.3 is 5.32 Å². The summed E-state index contributed by atoms with van der Waals surface area (Å²) in [5.74, 6) is -2.46. The number of pyridine rings is 1. The van der Waals surface area contributed by atoms with E-state index in [0.717, 1.165) is 21.4 Å². The molecule has 0 spiro atoms. The molecular formula is C15H11F2N3OS. The summed E-state index contributed by atoms with van der Waals surface area (Å²) in [7, 11) is 0. The van der Waals surface area contributed by atoms with E-state index < -0.39 is 23.2 Å². The highest BCUT2D eigenvalue weighted by Crippen LogP contribution is 2.21. The number of benzene rings is 1. The van der Waals surface area contributed by atoms with Crippen LogP contribution in [0.2, 0.25) is 0 Å². The molecule has 0 atom stereocenters. The number of carbonyl (C=O) groups is 1. The number of thiazole rings is 1. The maximum atomic E-state index is 13.4. The molecule has 1 N–H and O–H groups in total. The second-order valence-corrected chi connectivity index (χ2v) is 5.68. The summed E-state index contributed by atoms with van der Waals surface area (Å²) in [6.45, 7) is 0.303. The summed E-state index contributed by atoms with van der Waals surface area (Å²) in [5, 5.41) is 3.44. The molecule has 0 unspecified atom stereocenters. The molecule has 112 valence electrons. The molecule has 3 rings (SSSR count). The Morgan fingerprint density at radius 1 is 1.27 bits per heavy atom. The van der Waals surface area contributed by atoms with E-state index in [9.17, 15) is 13.6 Å². The summed E-state index contributed by atoms with van der Waals surface area (Å²) in [6.07, 6.45) is 1.35. The molecule has 3 aromatic rings. The third-order valence-corrected chi connectivity index (χ3v) is 4.08. The number of carbonyl (C=O) groups excluding carboxylic acids is 1. The Balaban J connectivity index is 1.61. The molecule has 2 heterocycles. The summed E-state index contributed by atoms with van der Waals surface area (Å²) >= 11 is 1.55. The SMILES string of the molecule is O=C(NCCc1nc2ccccc2s1)c1ncc(F)cc1F. The van der Waals surface area contributed by atoms with Gasteiger partial charge in [-0.1, -0.05) is 12.1 Å². The molecule has 1 amide bonds. The quantitative estimate of drug-likeness (QED) is 0.804. The fraction of sp³-hybridized carbons (Fsp3) is 0.133. The van der Waals surface area contributed by atoms with Crippen LogP contribution < -0.4 is 5.32 Å². The maximum Gasteiger partial charge on any atom is 0.272 e. The lowest BCUT2D eigenvalue weighted by Crippen LogP contribution is -2.27. The standard InChI is InChI=1S/C15H11F2N3OS/c16-9-7-10(17)14(19-8-9)15(21)18-6-5-13-20-11-3-1-2-4-12(11)22-13/h1-4,7-8H,5-6H2,(H,18,21). The van der Waals surface area contributed by atoms with Gasteiger partial charge in [-0.15, -0.1) is 11.3 Å². The molecule has 0 aliphatic heterocycles. The molecule has 0 saturated heterocycles. The van der Waals surface area contributed by atoms with Crippen molar-refractivity contribution in [3.8, 4) is 0 Å². The van der Waals surface area contributed by atoms with E-state index in [1.807, 2.05) is 24.3 Å². The number of hydrogen-bond acceptors (Lipinski definition) is 4. The van der Waals surface area contributed by atoms with Gasteiger partial charge >= 0.3 is 0 Å². The fourth-order valence-electron chi connectivity index (χ4n) is 1.98. The lowest BCUT2D eigenvalue weighted by molar-refractivity contribution is 0.0944. The molecule has 0 aliphatic rings. The summed E-state index contributed by atoms with van der Waals surface area (Å²) in [6, 6.07) is 8.39. The van der Waals surface area contributed by atoms with Crippen molar-refractivity contribution < 1.29 is 13.6 Å². The smallest absolute Gasteiger partial charge is 0.272 e. The average molecular weight is 319 g/mol. The van der Waals surface area contributed by atoms with Gasteiger partial charge in [-0.2, -0.15) is 0 Å². The second-order valence-electron chi connectivity index (χ2n) is 4.57. The zero-order valence-corrected chi connectivity index (χ0v) is 12.2. The predicted molar refractivity (Wildman–Crippen MR) is 79.8 cm³/mol. The van der Waals surface area contributed by atoms with E-state index in [4.69, 9.17) is 0 Å². The van der Waals surface area contributed by atoms with Gasteiger partial charge in [-0.05, 0) is 12.1 Å². The van der Waals surface area contributed by atoms with Crippen molar-refractivity contribution in [2.45, 2.75) is 6.42 Å². The number of nitrogens with one attached hydrogen (secondary N) is 1. The largest absolute Gasteiger partial charge is 0.350 e. The Morgan fingerprint density at radius 2 is 2.09 bits per heavy atom. The monoisotopic (exact) mass is 319 g/mol. The summed E-state index contributed by atoms with van der Waals surface area (Å²) < 4.78 is 27.2. The normalized spacial score (nSPS) is 10.8. The van der Waals surface area contributed by atoms with E-state index >= 15 is 0 Å². The highest BCUT2D eigenvalue weighted by Gasteiger charge is 2.14. The van der Waals surface area contributed by atoms with Crippen molar-refractivity contribution in [3.63, 3.8) is 0 Å². The van der Waals surface area contributed by atoms with Crippen LogP contribution in [0.3, 0.4) is 0 Å². The lowest BCUT2D eigenvalue weighted by atomic mass is 10.3. The first kappa shape index (κ1) is 14.5. The Morgan fingerprint density at radius 3 is 2.86 bits per heavy atom. The van der Waals surface area contributed by atoms with Crippen LogP contribution in [0.25, 0.3) is 10.2 Å². The topological polar surface area (TPSA) is 54.9 Å². The van der Waals surface area contributed by atoms with Gasteiger partial charge in [0.2, 0.25) is 0 Å². The van der Waals surface area contributed by atoms with Crippen LogP contribution in [-0.2, 0) is 6.42 Å². The molecule has 22 heavy (non-hydrogen) atoms. The molecule has 0 aliphatic carbocycles. The number of halogens is 2. The molecular weight excluding hydrogens is 308 g/mol. The summed E-state index contributed by atoms with van der Waals surface area (Å²) in [5.41, 5.74) is 0.505. The number of rotatable bonds is 4. The van der Waals surface area contributed by atoms with E-state index in [1.165, 1.54) is 0 Å². The second kappa shape index (κ2) is 6.15. The van der Waals surface area contributed by atoms with Crippen LogP contribution in [0.4, 0.5) is 8.78 Å². The Labute approximate surface area is 128 Å². The number of amides is 1. The average Bonchev–Trinajstić information content (AvgIpc) is 2.89. The summed E-state index contributed by atoms with van der Waals surface area (Å²) in [4.78, 5) is 19.7. The van der Waals surface area contributed by atoms with E-state index in [2.05, 4.69) is 15.3 Å². The molecule has 2 aromatic heterocycles. The zero-order chi connectivity index (χ0) is 15.5. The van der Waals surface area contributed by atoms with Crippen molar-refractivity contribution in [1.82, 2.24) is 15.3 Å². The van der Waals surface area contributed by atoms with E-state index in [0.29, 0.717) is 19.0 Å². The number of hydrogen-bond donors (Lipinski definition) is 1. The predicted octanol–water partition coefficient (Wildman–Crippen LogP) is 2.94. The first-order valence-electron chi connectivity index (χ1n) is 6.57. The minimum atomic E-state index is -0.975. The third kappa shape index (κ3) is 3.09. The highest BCUT2D eigenvalue weighted by atomic mass is 32.1. The third-order valence-electron chi connectivity index (χ3n) is 2.99. The first-order valence-corrected chi connectivity index (χ1v) is 7.39. The van der Waals surface area contributed by atoms with Crippen molar-refractivity contribution in [3.05, 3.63) is 58.9 Å². The lowest BCUT2D eigenvalue weighted by Gasteiger charge is -2.04. The van der Waals surface area contributed by atoms with Crippen LogP contribution in [0, 0.1) is 11.6 Å². The zero-order valence-electron chi connectivity index (χ0n) is 11.3. The fourth-order valence-corrected chi connectivity index (χ4v) is 2.94. The molecule has 0 bridgehead atoms. The minimum Gasteiger partial charge on any atom is -0.350 e. The van der Waals surface area contributed by atoms with Gasteiger partial charge in [0.1, 0.15) is 5.82 Å². The van der Waals surface area contributed by atoms with Crippen molar-refractivity contribution in [2.24, 2.45) is 0 Å². The number of fused-ring (bicyclic) bond motifs is 1. The molecule has 0 saturated carbocycles. The van der Waals surface area contributed by atoms with E-state index in [-0.39, 0.29) is 0 Å². The van der Waals surface area contributed by atoms with Crippen LogP contribution in [0.15, 0.2) is 36.5 Å². The van der Waals surface area contributed by atoms with Gasteiger partial charge in [0, 0.05) is 19.0 Å². The van der Waals surface area contributed by atoms with Gasteiger partial charge in [0.25, 0.3) is 5.91 Å². The van der Waals surface area contributed by atoms with Crippen LogP contribution in [0.1, 0.15) is 15.5 Å². The molecule has 0 fully saturated rings. The van der Waals surface area contributed by atoms with Crippen LogP contribution in [-0.4, -0.2) is 22.4 Å². The van der Waals surface area contributed by atoms with Gasteiger partial charge in [0.15, 0.2) is 11.5 Å². The van der Waals surface area contributed by atoms with Crippen molar-refractivity contribution >= 4 is 27.5 Å². The maximum absolute atomic E-state index is 13.4. The van der Waals surface area contributed by atoms with Crippen LogP contribution >= 0.6 is 11.3 Å². The molecule has 1 aromatic carbocycles. The number of nitrogens with zero attached hydrogens (tertiary/aromatic N) is 2. The molecule has 0 radical (unpaired) electrons. The Hall–Kier alpha value is -2.41. The van der Waals surface area contributed by atoms with Crippen LogP contribution in [0.5, 0.6) is 0 Å². The van der Waals surface area contributed by atoms with Crippen molar-refractivity contribution in [2.75, 3.05) is 6.54 Å². The Bertz CT molecular complexity index is 802. The molecule has 4 nitrogen and oxygen atoms in total. The molecule has 7 heteroatoms. The van der Waals surface area contributed by atoms with E-state index in [1.54, 1.807) is 11.3 Å². The van der Waals surface area contributed by atoms with Gasteiger partial charge in [-0.3, -0.25) is 4.79 Å². The van der Waals surface area contributed by atoms with Gasteiger partial charge in [-0.25, -0.2) is 18.7 Å². The first-order chi connectivity index (χ1) is 10.6. The number of para-hydroxylation sites is 1. The van der Waals surface area contributed by atoms with Crippen molar-refractivity contribution in [1.29, 1.82) is 0 Å². The van der Waals surface area contributed by atoms with Gasteiger partial charge in [0.05, 0.1) is 21.4 Å².